The van der Waals surface area contributed by atoms with Crippen LogP contribution in [0.3, 0.4) is 0 Å². The number of furan rings is 1. The maximum absolute atomic E-state index is 5.59. The molecule has 0 saturated heterocycles. The minimum Gasteiger partial charge on any atom is -0.468 e. The van der Waals surface area contributed by atoms with Crippen LogP contribution in [0.1, 0.15) is 38.0 Å². The van der Waals surface area contributed by atoms with Crippen molar-refractivity contribution in [1.29, 1.82) is 0 Å². The third-order valence-corrected chi connectivity index (χ3v) is 3.33. The summed E-state index contributed by atoms with van der Waals surface area (Å²) in [6, 6.07) is 2.81. The van der Waals surface area contributed by atoms with Crippen LogP contribution in [0, 0.1) is 0 Å². The van der Waals surface area contributed by atoms with Gasteiger partial charge in [0.25, 0.3) is 0 Å². The van der Waals surface area contributed by atoms with E-state index in [-0.39, 0.29) is 0 Å². The van der Waals surface area contributed by atoms with Crippen LogP contribution in [0.5, 0.6) is 0 Å². The average Bonchev–Trinajstić information content (AvgIpc) is 3.08. The summed E-state index contributed by atoms with van der Waals surface area (Å²) in [6.45, 7) is 7.59. The zero-order valence-electron chi connectivity index (χ0n) is 12.3. The van der Waals surface area contributed by atoms with Crippen LogP contribution >= 0.6 is 0 Å². The van der Waals surface area contributed by atoms with Crippen LogP contribution in [-0.4, -0.2) is 37.2 Å². The summed E-state index contributed by atoms with van der Waals surface area (Å²) in [5.74, 6) is 1.07. The second kappa shape index (κ2) is 7.08. The highest BCUT2D eigenvalue weighted by Gasteiger charge is 2.21. The molecule has 1 aromatic heterocycles. The van der Waals surface area contributed by atoms with Crippen LogP contribution in [0.15, 0.2) is 16.7 Å². The molecule has 1 aliphatic carbocycles. The molecule has 0 atom stereocenters. The predicted octanol–water partition coefficient (Wildman–Crippen LogP) is 2.39. The van der Waals surface area contributed by atoms with E-state index < -0.39 is 0 Å². The first-order chi connectivity index (χ1) is 9.15. The number of nitrogens with one attached hydrogen (secondary N) is 1. The maximum atomic E-state index is 5.59. The van der Waals surface area contributed by atoms with E-state index in [9.17, 15) is 0 Å². The largest absolute Gasteiger partial charge is 0.468 e. The molecule has 19 heavy (non-hydrogen) atoms. The lowest BCUT2D eigenvalue weighted by Gasteiger charge is -2.17. The van der Waals surface area contributed by atoms with Crippen LogP contribution in [-0.2, 0) is 17.8 Å². The number of ether oxygens (including phenoxy) is 1. The standard InChI is InChI=1S/C15H26N2O2/c1-12(2)18-9-7-17(3)11-15-13(6-8-19-15)10-16-14-4-5-14/h6,8,12,14,16H,4-5,7,9-11H2,1-3H3. The van der Waals surface area contributed by atoms with Gasteiger partial charge in [-0.1, -0.05) is 0 Å². The predicted molar refractivity (Wildman–Crippen MR) is 76.0 cm³/mol. The second-order valence-electron chi connectivity index (χ2n) is 5.68. The molecule has 2 rings (SSSR count). The number of hydrogen-bond donors (Lipinski definition) is 1. The highest BCUT2D eigenvalue weighted by molar-refractivity contribution is 5.17. The van der Waals surface area contributed by atoms with E-state index in [0.717, 1.165) is 38.0 Å². The van der Waals surface area contributed by atoms with Crippen LogP contribution in [0.4, 0.5) is 0 Å². The molecule has 108 valence electrons. The Balaban J connectivity index is 1.72. The van der Waals surface area contributed by atoms with Gasteiger partial charge in [-0.05, 0) is 39.8 Å². The van der Waals surface area contributed by atoms with E-state index >= 15 is 0 Å². The van der Waals surface area contributed by atoms with Crippen molar-refractivity contribution in [2.45, 2.75) is 51.9 Å². The Morgan fingerprint density at radius 2 is 2.26 bits per heavy atom. The van der Waals surface area contributed by atoms with Crippen molar-refractivity contribution < 1.29 is 9.15 Å². The second-order valence-corrected chi connectivity index (χ2v) is 5.68. The van der Waals surface area contributed by atoms with Gasteiger partial charge in [-0.25, -0.2) is 0 Å². The van der Waals surface area contributed by atoms with Crippen molar-refractivity contribution in [3.8, 4) is 0 Å². The molecular formula is C15H26N2O2. The molecule has 1 aliphatic rings. The summed E-state index contributed by atoms with van der Waals surface area (Å²) < 4.78 is 11.2. The molecule has 0 spiro atoms. The van der Waals surface area contributed by atoms with E-state index in [1.54, 1.807) is 6.26 Å². The van der Waals surface area contributed by atoms with Gasteiger partial charge in [0.2, 0.25) is 0 Å². The molecule has 1 saturated carbocycles. The van der Waals surface area contributed by atoms with E-state index in [1.807, 2.05) is 0 Å². The Labute approximate surface area is 116 Å². The van der Waals surface area contributed by atoms with Gasteiger partial charge in [-0.3, -0.25) is 4.90 Å². The minimum absolute atomic E-state index is 0.301. The molecule has 1 fully saturated rings. The van der Waals surface area contributed by atoms with Gasteiger partial charge in [-0.15, -0.1) is 0 Å². The zero-order chi connectivity index (χ0) is 13.7. The van der Waals surface area contributed by atoms with Crippen molar-refractivity contribution in [2.75, 3.05) is 20.2 Å². The Morgan fingerprint density at radius 3 is 2.95 bits per heavy atom. The number of nitrogens with zero attached hydrogens (tertiary/aromatic N) is 1. The van der Waals surface area contributed by atoms with E-state index in [2.05, 4.69) is 37.2 Å². The summed E-state index contributed by atoms with van der Waals surface area (Å²) in [6.07, 6.45) is 4.73. The summed E-state index contributed by atoms with van der Waals surface area (Å²) in [5.41, 5.74) is 1.28. The lowest BCUT2D eigenvalue weighted by Crippen LogP contribution is -2.25. The maximum Gasteiger partial charge on any atom is 0.122 e. The van der Waals surface area contributed by atoms with Gasteiger partial charge < -0.3 is 14.5 Å². The van der Waals surface area contributed by atoms with Gasteiger partial charge >= 0.3 is 0 Å². The van der Waals surface area contributed by atoms with E-state index in [4.69, 9.17) is 9.15 Å². The molecule has 1 heterocycles. The van der Waals surface area contributed by atoms with Crippen molar-refractivity contribution >= 4 is 0 Å². The van der Waals surface area contributed by atoms with Crippen LogP contribution in [0.2, 0.25) is 0 Å². The van der Waals surface area contributed by atoms with Crippen molar-refractivity contribution in [1.82, 2.24) is 10.2 Å². The van der Waals surface area contributed by atoms with Crippen molar-refractivity contribution in [3.63, 3.8) is 0 Å². The van der Waals surface area contributed by atoms with Gasteiger partial charge in [0.1, 0.15) is 5.76 Å². The lowest BCUT2D eigenvalue weighted by molar-refractivity contribution is 0.0616. The highest BCUT2D eigenvalue weighted by atomic mass is 16.5. The van der Waals surface area contributed by atoms with Crippen molar-refractivity contribution in [2.24, 2.45) is 0 Å². The van der Waals surface area contributed by atoms with Gasteiger partial charge in [-0.2, -0.15) is 0 Å². The number of likely N-dealkylation sites (N-methyl/N-ethyl adjacent to an activating group) is 1. The van der Waals surface area contributed by atoms with Gasteiger partial charge in [0.15, 0.2) is 0 Å². The fraction of sp³-hybridized carbons (Fsp3) is 0.733. The van der Waals surface area contributed by atoms with Gasteiger partial charge in [0.05, 0.1) is 25.5 Å². The topological polar surface area (TPSA) is 37.6 Å². The molecular weight excluding hydrogens is 240 g/mol. The van der Waals surface area contributed by atoms with Crippen LogP contribution < -0.4 is 5.32 Å². The molecule has 4 heteroatoms. The number of rotatable bonds is 9. The first kappa shape index (κ1) is 14.6. The fourth-order valence-electron chi connectivity index (χ4n) is 1.97. The number of hydrogen-bond acceptors (Lipinski definition) is 4. The van der Waals surface area contributed by atoms with E-state index in [0.29, 0.717) is 6.10 Å². The third kappa shape index (κ3) is 5.35. The summed E-state index contributed by atoms with van der Waals surface area (Å²) in [4.78, 5) is 2.24. The first-order valence-electron chi connectivity index (χ1n) is 7.24. The Bertz CT molecular complexity index is 372. The molecule has 0 bridgehead atoms. The lowest BCUT2D eigenvalue weighted by atomic mass is 10.2. The minimum atomic E-state index is 0.301. The fourth-order valence-corrected chi connectivity index (χ4v) is 1.97. The average molecular weight is 266 g/mol. The SMILES string of the molecule is CC(C)OCCN(C)Cc1occc1CNC1CC1. The van der Waals surface area contributed by atoms with Crippen LogP contribution in [0.25, 0.3) is 0 Å². The smallest absolute Gasteiger partial charge is 0.122 e. The molecule has 4 nitrogen and oxygen atoms in total. The molecule has 0 radical (unpaired) electrons. The monoisotopic (exact) mass is 266 g/mol. The molecule has 1 N–H and O–H groups in total. The normalized spacial score (nSPS) is 15.6. The first-order valence-corrected chi connectivity index (χ1v) is 7.24. The third-order valence-electron chi connectivity index (χ3n) is 3.33. The zero-order valence-corrected chi connectivity index (χ0v) is 12.3. The summed E-state index contributed by atoms with van der Waals surface area (Å²) >= 11 is 0. The quantitative estimate of drug-likeness (QED) is 0.745. The summed E-state index contributed by atoms with van der Waals surface area (Å²) in [5, 5.41) is 3.53. The molecule has 0 unspecified atom stereocenters. The van der Waals surface area contributed by atoms with Crippen molar-refractivity contribution in [3.05, 3.63) is 23.7 Å². The Hall–Kier alpha value is -0.840. The molecule has 1 aromatic rings. The Morgan fingerprint density at radius 1 is 1.47 bits per heavy atom. The molecule has 0 aliphatic heterocycles. The van der Waals surface area contributed by atoms with Gasteiger partial charge in [0, 0.05) is 24.7 Å². The Kier molecular flexibility index (Phi) is 5.43. The van der Waals surface area contributed by atoms with E-state index in [1.165, 1.54) is 18.4 Å². The highest BCUT2D eigenvalue weighted by Crippen LogP contribution is 2.20. The summed E-state index contributed by atoms with van der Waals surface area (Å²) in [7, 11) is 2.10. The molecule has 0 aromatic carbocycles. The molecule has 0 amide bonds.